The van der Waals surface area contributed by atoms with Gasteiger partial charge in [0.05, 0.1) is 11.0 Å². The highest BCUT2D eigenvalue weighted by Crippen LogP contribution is 2.51. The highest BCUT2D eigenvalue weighted by Gasteiger charge is 2.36. The van der Waals surface area contributed by atoms with E-state index in [1.807, 2.05) is 0 Å². The Hall–Kier alpha value is -3.32. The molecule has 0 radical (unpaired) electrons. The molecule has 0 atom stereocenters. The average Bonchev–Trinajstić information content (AvgIpc) is 3.10. The van der Waals surface area contributed by atoms with Crippen LogP contribution in [0, 0.1) is 12.3 Å². The Morgan fingerprint density at radius 1 is 0.719 bits per heavy atom. The molecule has 3 aromatic carbocycles. The molecular formula is C31H29N. The summed E-state index contributed by atoms with van der Waals surface area (Å²) >= 11 is 0. The molecule has 0 aliphatic heterocycles. The third-order valence-electron chi connectivity index (χ3n) is 7.36. The van der Waals surface area contributed by atoms with Crippen LogP contribution in [-0.4, -0.2) is 4.57 Å². The van der Waals surface area contributed by atoms with Crippen LogP contribution in [0.4, 0.5) is 0 Å². The number of nitrogens with zero attached hydrogens (tertiary/aromatic N) is 1. The molecule has 4 aromatic rings. The number of para-hydroxylation sites is 1. The highest BCUT2D eigenvalue weighted by molar-refractivity contribution is 6.12. The van der Waals surface area contributed by atoms with E-state index in [1.54, 1.807) is 0 Å². The number of rotatable bonds is 1. The molecule has 0 spiro atoms. The Labute approximate surface area is 190 Å². The molecular weight excluding hydrogens is 386 g/mol. The molecule has 2 aliphatic carbocycles. The molecule has 2 aliphatic rings. The Bertz CT molecular complexity index is 1520. The van der Waals surface area contributed by atoms with E-state index >= 15 is 0 Å². The lowest BCUT2D eigenvalue weighted by Gasteiger charge is -2.22. The third-order valence-corrected chi connectivity index (χ3v) is 7.36. The van der Waals surface area contributed by atoms with Crippen LogP contribution in [0.25, 0.3) is 38.6 Å². The predicted octanol–water partition coefficient (Wildman–Crippen LogP) is 8.40. The minimum absolute atomic E-state index is 0.0122. The number of hydrogen-bond donors (Lipinski definition) is 0. The first-order valence-electron chi connectivity index (χ1n) is 11.5. The molecule has 1 aromatic heterocycles. The van der Waals surface area contributed by atoms with Crippen molar-refractivity contribution in [3.05, 3.63) is 102 Å². The van der Waals surface area contributed by atoms with Gasteiger partial charge in [-0.25, -0.2) is 0 Å². The topological polar surface area (TPSA) is 4.93 Å². The van der Waals surface area contributed by atoms with Gasteiger partial charge >= 0.3 is 0 Å². The van der Waals surface area contributed by atoms with Gasteiger partial charge in [0.15, 0.2) is 0 Å². The summed E-state index contributed by atoms with van der Waals surface area (Å²) in [5.74, 6) is 0. The smallest absolute Gasteiger partial charge is 0.0544 e. The quantitative estimate of drug-likeness (QED) is 0.294. The molecule has 0 saturated carbocycles. The van der Waals surface area contributed by atoms with Crippen molar-refractivity contribution in [1.29, 1.82) is 0 Å². The number of aromatic nitrogens is 1. The number of fused-ring (bicyclic) bond motifs is 6. The van der Waals surface area contributed by atoms with Gasteiger partial charge in [-0.15, -0.1) is 0 Å². The van der Waals surface area contributed by atoms with Crippen LogP contribution in [0.1, 0.15) is 44.4 Å². The zero-order chi connectivity index (χ0) is 22.3. The zero-order valence-corrected chi connectivity index (χ0v) is 19.5. The lowest BCUT2D eigenvalue weighted by molar-refractivity contribution is 0.627. The van der Waals surface area contributed by atoms with E-state index in [4.69, 9.17) is 0 Å². The second-order valence-electron chi connectivity index (χ2n) is 10.5. The fourth-order valence-corrected chi connectivity index (χ4v) is 5.54. The number of allylic oxidation sites excluding steroid dienone is 6. The van der Waals surface area contributed by atoms with Crippen LogP contribution >= 0.6 is 0 Å². The van der Waals surface area contributed by atoms with Gasteiger partial charge in [0.2, 0.25) is 0 Å². The number of aryl methyl sites for hydroxylation is 1. The summed E-state index contributed by atoms with van der Waals surface area (Å²) in [6.45, 7) is 11.4. The molecule has 6 rings (SSSR count). The van der Waals surface area contributed by atoms with E-state index in [0.29, 0.717) is 0 Å². The normalized spacial score (nSPS) is 18.0. The van der Waals surface area contributed by atoms with Crippen molar-refractivity contribution in [2.75, 3.05) is 0 Å². The fraction of sp³-hybridized carbons (Fsp3) is 0.226. The maximum absolute atomic E-state index is 2.45. The van der Waals surface area contributed by atoms with Crippen molar-refractivity contribution < 1.29 is 0 Å². The SMILES string of the molecule is Cc1ccc2c(c1)C(C)(C)c1cc3c(cc1-2)c1ccccc1n3C1=CC=CC(C)(C)C=C1. The summed E-state index contributed by atoms with van der Waals surface area (Å²) in [6, 6.07) is 20.6. The molecule has 0 bridgehead atoms. The second-order valence-corrected chi connectivity index (χ2v) is 10.5. The van der Waals surface area contributed by atoms with Gasteiger partial charge in [-0.3, -0.25) is 0 Å². The van der Waals surface area contributed by atoms with Crippen LogP contribution < -0.4 is 0 Å². The molecule has 32 heavy (non-hydrogen) atoms. The maximum atomic E-state index is 2.45. The van der Waals surface area contributed by atoms with Crippen molar-refractivity contribution in [2.24, 2.45) is 5.41 Å². The van der Waals surface area contributed by atoms with Crippen LogP contribution in [-0.2, 0) is 5.41 Å². The minimum Gasteiger partial charge on any atom is -0.309 e. The lowest BCUT2D eigenvalue weighted by Crippen LogP contribution is -2.15. The molecule has 1 nitrogen and oxygen atoms in total. The van der Waals surface area contributed by atoms with E-state index in [0.717, 1.165) is 0 Å². The minimum atomic E-state index is -0.0122. The standard InChI is InChI=1S/C31H29N/c1-20-12-13-22-24-18-25-23-10-6-7-11-28(23)32(21-9-8-15-30(2,3)16-14-21)29(25)19-27(24)31(4,5)26(22)17-20/h6-19H,1-5H3. The Balaban J connectivity index is 1.70. The van der Waals surface area contributed by atoms with Crippen LogP contribution in [0.3, 0.4) is 0 Å². The average molecular weight is 416 g/mol. The Kier molecular flexibility index (Phi) is 3.85. The summed E-state index contributed by atoms with van der Waals surface area (Å²) in [5.41, 5.74) is 10.7. The molecule has 158 valence electrons. The monoisotopic (exact) mass is 415 g/mol. The summed E-state index contributed by atoms with van der Waals surface area (Å²) < 4.78 is 2.44. The van der Waals surface area contributed by atoms with Gasteiger partial charge in [-0.05, 0) is 59.5 Å². The van der Waals surface area contributed by atoms with Gasteiger partial charge in [0.1, 0.15) is 0 Å². The van der Waals surface area contributed by atoms with Crippen molar-refractivity contribution in [2.45, 2.75) is 40.0 Å². The summed E-state index contributed by atoms with van der Waals surface area (Å²) in [6.07, 6.45) is 11.3. The first-order valence-corrected chi connectivity index (χ1v) is 11.5. The second kappa shape index (κ2) is 6.36. The largest absolute Gasteiger partial charge is 0.309 e. The summed E-state index contributed by atoms with van der Waals surface area (Å²) in [5, 5.41) is 2.64. The molecule has 0 unspecified atom stereocenters. The molecule has 1 heteroatoms. The Morgan fingerprint density at radius 3 is 2.34 bits per heavy atom. The van der Waals surface area contributed by atoms with E-state index < -0.39 is 0 Å². The van der Waals surface area contributed by atoms with Crippen molar-refractivity contribution in [1.82, 2.24) is 4.57 Å². The van der Waals surface area contributed by atoms with Gasteiger partial charge < -0.3 is 4.57 Å². The van der Waals surface area contributed by atoms with Gasteiger partial charge in [-0.2, -0.15) is 0 Å². The van der Waals surface area contributed by atoms with Crippen LogP contribution in [0.15, 0.2) is 85.0 Å². The zero-order valence-electron chi connectivity index (χ0n) is 19.5. The summed E-state index contributed by atoms with van der Waals surface area (Å²) in [4.78, 5) is 0. The number of hydrogen-bond acceptors (Lipinski definition) is 0. The molecule has 0 N–H and O–H groups in total. The third kappa shape index (κ3) is 2.64. The highest BCUT2D eigenvalue weighted by atomic mass is 15.0. The van der Waals surface area contributed by atoms with Crippen LogP contribution in [0.5, 0.6) is 0 Å². The van der Waals surface area contributed by atoms with E-state index in [-0.39, 0.29) is 10.8 Å². The fourth-order valence-electron chi connectivity index (χ4n) is 5.54. The van der Waals surface area contributed by atoms with E-state index in [9.17, 15) is 0 Å². The molecule has 1 heterocycles. The van der Waals surface area contributed by atoms with Crippen molar-refractivity contribution in [3.63, 3.8) is 0 Å². The molecule has 0 saturated heterocycles. The summed E-state index contributed by atoms with van der Waals surface area (Å²) in [7, 11) is 0. The van der Waals surface area contributed by atoms with E-state index in [2.05, 4.69) is 124 Å². The van der Waals surface area contributed by atoms with Crippen molar-refractivity contribution in [3.8, 4) is 11.1 Å². The van der Waals surface area contributed by atoms with Crippen molar-refractivity contribution >= 4 is 27.5 Å². The van der Waals surface area contributed by atoms with Gasteiger partial charge in [0.25, 0.3) is 0 Å². The predicted molar refractivity (Wildman–Crippen MR) is 138 cm³/mol. The number of benzene rings is 3. The van der Waals surface area contributed by atoms with Gasteiger partial charge in [-0.1, -0.05) is 87.9 Å². The molecule has 0 fully saturated rings. The Morgan fingerprint density at radius 2 is 1.50 bits per heavy atom. The van der Waals surface area contributed by atoms with E-state index in [1.165, 1.54) is 55.3 Å². The maximum Gasteiger partial charge on any atom is 0.0544 e. The lowest BCUT2D eigenvalue weighted by atomic mass is 9.82. The van der Waals surface area contributed by atoms with Crippen LogP contribution in [0.2, 0.25) is 0 Å². The molecule has 0 amide bonds. The first kappa shape index (κ1) is 19.4. The van der Waals surface area contributed by atoms with Gasteiger partial charge in [0, 0.05) is 27.3 Å². The first-order chi connectivity index (χ1) is 15.3.